The average molecular weight is 216 g/mol. The Morgan fingerprint density at radius 3 is 2.75 bits per heavy atom. The molecule has 1 aliphatic carbocycles. The lowest BCUT2D eigenvalue weighted by atomic mass is 9.95. The zero-order valence-electron chi connectivity index (χ0n) is 9.12. The van der Waals surface area contributed by atoms with Gasteiger partial charge in [-0.2, -0.15) is 0 Å². The van der Waals surface area contributed by atoms with Crippen molar-refractivity contribution in [3.8, 4) is 5.75 Å². The van der Waals surface area contributed by atoms with Gasteiger partial charge in [-0.15, -0.1) is 0 Å². The maximum absolute atomic E-state index is 9.93. The van der Waals surface area contributed by atoms with Gasteiger partial charge in [-0.05, 0) is 18.6 Å². The number of hydrogen-bond acceptors (Lipinski definition) is 2. The predicted octanol–water partition coefficient (Wildman–Crippen LogP) is 2.56. The first kappa shape index (κ1) is 11.0. The molecule has 0 saturated heterocycles. The van der Waals surface area contributed by atoms with Crippen molar-refractivity contribution in [2.24, 2.45) is 5.92 Å². The number of ether oxygens (including phenoxy) is 1. The molecule has 2 unspecified atom stereocenters. The van der Waals surface area contributed by atoms with Crippen LogP contribution in [0.15, 0.2) is 54.6 Å². The van der Waals surface area contributed by atoms with Crippen molar-refractivity contribution >= 4 is 0 Å². The van der Waals surface area contributed by atoms with Crippen LogP contribution < -0.4 is 4.74 Å². The minimum Gasteiger partial charge on any atom is -0.491 e. The fourth-order valence-electron chi connectivity index (χ4n) is 1.71. The minimum atomic E-state index is -0.443. The van der Waals surface area contributed by atoms with Crippen molar-refractivity contribution in [3.05, 3.63) is 54.6 Å². The molecular formula is C14H16O2. The van der Waals surface area contributed by atoms with Crippen LogP contribution in [-0.2, 0) is 0 Å². The highest BCUT2D eigenvalue weighted by atomic mass is 16.5. The largest absolute Gasteiger partial charge is 0.491 e. The smallest absolute Gasteiger partial charge is 0.119 e. The number of hydrogen-bond donors (Lipinski definition) is 1. The predicted molar refractivity (Wildman–Crippen MR) is 64.3 cm³/mol. The van der Waals surface area contributed by atoms with Gasteiger partial charge >= 0.3 is 0 Å². The molecule has 0 aromatic heterocycles. The molecule has 0 spiro atoms. The molecule has 2 heteroatoms. The summed E-state index contributed by atoms with van der Waals surface area (Å²) in [5.41, 5.74) is 0. The van der Waals surface area contributed by atoms with E-state index in [0.717, 1.165) is 12.2 Å². The summed E-state index contributed by atoms with van der Waals surface area (Å²) in [5, 5.41) is 9.93. The first-order chi connectivity index (χ1) is 7.86. The lowest BCUT2D eigenvalue weighted by Gasteiger charge is -2.20. The summed E-state index contributed by atoms with van der Waals surface area (Å²) in [4.78, 5) is 0. The van der Waals surface area contributed by atoms with E-state index in [-0.39, 0.29) is 5.92 Å². The second-order valence-electron chi connectivity index (χ2n) is 3.90. The maximum Gasteiger partial charge on any atom is 0.119 e. The van der Waals surface area contributed by atoms with Crippen LogP contribution in [0.3, 0.4) is 0 Å². The number of rotatable bonds is 4. The van der Waals surface area contributed by atoms with Crippen molar-refractivity contribution < 1.29 is 9.84 Å². The topological polar surface area (TPSA) is 29.5 Å². The summed E-state index contributed by atoms with van der Waals surface area (Å²) >= 11 is 0. The summed E-state index contributed by atoms with van der Waals surface area (Å²) in [7, 11) is 0. The van der Waals surface area contributed by atoms with Gasteiger partial charge in [-0.3, -0.25) is 0 Å². The number of para-hydroxylation sites is 1. The molecule has 1 aromatic rings. The van der Waals surface area contributed by atoms with Crippen molar-refractivity contribution in [3.63, 3.8) is 0 Å². The lowest BCUT2D eigenvalue weighted by Crippen LogP contribution is -2.26. The van der Waals surface area contributed by atoms with E-state index in [1.54, 1.807) is 0 Å². The van der Waals surface area contributed by atoms with Gasteiger partial charge in [0, 0.05) is 5.92 Å². The monoisotopic (exact) mass is 216 g/mol. The molecule has 1 N–H and O–H groups in total. The molecule has 0 heterocycles. The maximum atomic E-state index is 9.93. The average Bonchev–Trinajstić information content (AvgIpc) is 2.38. The van der Waals surface area contributed by atoms with Crippen molar-refractivity contribution in [1.82, 2.24) is 0 Å². The van der Waals surface area contributed by atoms with Gasteiger partial charge in [0.1, 0.15) is 12.4 Å². The molecule has 2 rings (SSSR count). The summed E-state index contributed by atoms with van der Waals surface area (Å²) < 4.78 is 5.51. The van der Waals surface area contributed by atoms with Crippen LogP contribution in [0.25, 0.3) is 0 Å². The normalized spacial score (nSPS) is 20.7. The zero-order valence-corrected chi connectivity index (χ0v) is 9.12. The molecule has 0 saturated carbocycles. The lowest BCUT2D eigenvalue weighted by molar-refractivity contribution is 0.0741. The van der Waals surface area contributed by atoms with E-state index in [4.69, 9.17) is 4.74 Å². The Morgan fingerprint density at radius 1 is 1.25 bits per heavy atom. The van der Waals surface area contributed by atoms with E-state index in [1.165, 1.54) is 0 Å². The van der Waals surface area contributed by atoms with E-state index >= 15 is 0 Å². The Balaban J connectivity index is 1.82. The number of benzene rings is 1. The van der Waals surface area contributed by atoms with Crippen LogP contribution in [0.4, 0.5) is 0 Å². The molecule has 1 aliphatic rings. The van der Waals surface area contributed by atoms with E-state index in [0.29, 0.717) is 6.61 Å². The summed E-state index contributed by atoms with van der Waals surface area (Å²) in [6.07, 6.45) is 8.51. The quantitative estimate of drug-likeness (QED) is 0.838. The summed E-state index contributed by atoms with van der Waals surface area (Å²) in [6.45, 7) is 0.340. The Kier molecular flexibility index (Phi) is 3.78. The molecule has 0 fully saturated rings. The third-order valence-electron chi connectivity index (χ3n) is 2.67. The third kappa shape index (κ3) is 2.97. The van der Waals surface area contributed by atoms with Crippen LogP contribution in [0.5, 0.6) is 5.75 Å². The van der Waals surface area contributed by atoms with Crippen LogP contribution in [-0.4, -0.2) is 17.8 Å². The number of aliphatic hydroxyl groups is 1. The fourth-order valence-corrected chi connectivity index (χ4v) is 1.71. The molecule has 0 aliphatic heterocycles. The Hall–Kier alpha value is -1.54. The summed E-state index contributed by atoms with van der Waals surface area (Å²) in [6, 6.07) is 9.57. The van der Waals surface area contributed by atoms with Gasteiger partial charge in [0.25, 0.3) is 0 Å². The van der Waals surface area contributed by atoms with Gasteiger partial charge in [0.2, 0.25) is 0 Å². The second-order valence-corrected chi connectivity index (χ2v) is 3.90. The van der Waals surface area contributed by atoms with Gasteiger partial charge < -0.3 is 9.84 Å². The van der Waals surface area contributed by atoms with E-state index in [2.05, 4.69) is 6.08 Å². The molecule has 0 radical (unpaired) electrons. The number of allylic oxidation sites excluding steroid dienone is 3. The zero-order chi connectivity index (χ0) is 11.2. The van der Waals surface area contributed by atoms with E-state index in [9.17, 15) is 5.11 Å². The van der Waals surface area contributed by atoms with Gasteiger partial charge in [0.15, 0.2) is 0 Å². The van der Waals surface area contributed by atoms with E-state index < -0.39 is 6.10 Å². The Bertz CT molecular complexity index is 368. The molecule has 0 amide bonds. The molecule has 16 heavy (non-hydrogen) atoms. The Labute approximate surface area is 95.9 Å². The minimum absolute atomic E-state index is 0.175. The highest BCUT2D eigenvalue weighted by Crippen LogP contribution is 2.17. The number of aliphatic hydroxyl groups excluding tert-OH is 1. The fraction of sp³-hybridized carbons (Fsp3) is 0.286. The highest BCUT2D eigenvalue weighted by molar-refractivity contribution is 5.21. The van der Waals surface area contributed by atoms with Crippen LogP contribution >= 0.6 is 0 Å². The standard InChI is InChI=1S/C14H16O2/c15-14(12-7-3-1-4-8-12)11-16-13-9-5-2-6-10-13/h1-7,9-10,12,14-15H,8,11H2. The first-order valence-electron chi connectivity index (χ1n) is 5.55. The third-order valence-corrected chi connectivity index (χ3v) is 2.67. The SMILES string of the molecule is OC(COc1ccccc1)C1C=CC=CC1. The first-order valence-corrected chi connectivity index (χ1v) is 5.55. The van der Waals surface area contributed by atoms with Crippen LogP contribution in [0.2, 0.25) is 0 Å². The van der Waals surface area contributed by atoms with Crippen LogP contribution in [0, 0.1) is 5.92 Å². The second kappa shape index (κ2) is 5.52. The molecule has 0 bridgehead atoms. The molecule has 84 valence electrons. The molecule has 2 atom stereocenters. The Morgan fingerprint density at radius 2 is 2.06 bits per heavy atom. The molecule has 2 nitrogen and oxygen atoms in total. The van der Waals surface area contributed by atoms with Crippen molar-refractivity contribution in [2.45, 2.75) is 12.5 Å². The molecule has 1 aromatic carbocycles. The molecular weight excluding hydrogens is 200 g/mol. The van der Waals surface area contributed by atoms with E-state index in [1.807, 2.05) is 48.6 Å². The highest BCUT2D eigenvalue weighted by Gasteiger charge is 2.16. The van der Waals surface area contributed by atoms with Gasteiger partial charge in [-0.1, -0.05) is 42.5 Å². The van der Waals surface area contributed by atoms with Crippen LogP contribution in [0.1, 0.15) is 6.42 Å². The summed E-state index contributed by atoms with van der Waals surface area (Å²) in [5.74, 6) is 0.977. The van der Waals surface area contributed by atoms with Crippen molar-refractivity contribution in [2.75, 3.05) is 6.61 Å². The van der Waals surface area contributed by atoms with Crippen molar-refractivity contribution in [1.29, 1.82) is 0 Å². The van der Waals surface area contributed by atoms with Gasteiger partial charge in [-0.25, -0.2) is 0 Å². The van der Waals surface area contributed by atoms with Gasteiger partial charge in [0.05, 0.1) is 6.10 Å².